The first-order valence-corrected chi connectivity index (χ1v) is 2.64. The third-order valence-electron chi connectivity index (χ3n) is 0.865. The van der Waals surface area contributed by atoms with Gasteiger partial charge in [0.05, 0.1) is 19.3 Å². The third-order valence-corrected chi connectivity index (χ3v) is 0.865. The van der Waals surface area contributed by atoms with Crippen molar-refractivity contribution in [1.29, 1.82) is 0 Å². The summed E-state index contributed by atoms with van der Waals surface area (Å²) >= 11 is 0. The molecule has 0 bridgehead atoms. The van der Waals surface area contributed by atoms with Crippen LogP contribution in [0, 0.1) is 6.10 Å². The van der Waals surface area contributed by atoms with Crippen LogP contribution in [0.2, 0.25) is 0 Å². The van der Waals surface area contributed by atoms with E-state index < -0.39 is 19.3 Å². The van der Waals surface area contributed by atoms with E-state index in [4.69, 9.17) is 20.4 Å². The molecule has 1 unspecified atom stereocenters. The SMILES string of the molecule is OC[C](O)CC(O)CO. The fraction of sp³-hybridized carbons (Fsp3) is 0.800. The molecule has 0 saturated heterocycles. The molecular weight excluding hydrogens is 124 g/mol. The van der Waals surface area contributed by atoms with Gasteiger partial charge in [-0.1, -0.05) is 0 Å². The first-order chi connectivity index (χ1) is 4.20. The average molecular weight is 135 g/mol. The standard InChI is InChI=1S/C5H11O4/c6-2-4(8)1-5(9)3-7/h4,6-9H,1-3H2. The molecule has 0 aliphatic carbocycles. The summed E-state index contributed by atoms with van der Waals surface area (Å²) in [4.78, 5) is 0. The highest BCUT2D eigenvalue weighted by molar-refractivity contribution is 4.77. The maximum Gasteiger partial charge on any atom is 0.121 e. The number of aliphatic hydroxyl groups excluding tert-OH is 4. The quantitative estimate of drug-likeness (QED) is 0.383. The normalized spacial score (nSPS) is 14.3. The third kappa shape index (κ3) is 4.35. The molecule has 0 aromatic rings. The van der Waals surface area contributed by atoms with Gasteiger partial charge < -0.3 is 20.4 Å². The van der Waals surface area contributed by atoms with Gasteiger partial charge in [-0.05, 0) is 0 Å². The second kappa shape index (κ2) is 4.69. The van der Waals surface area contributed by atoms with Crippen LogP contribution in [-0.4, -0.2) is 39.7 Å². The predicted octanol–water partition coefficient (Wildman–Crippen LogP) is -1.37. The lowest BCUT2D eigenvalue weighted by Gasteiger charge is -2.08. The summed E-state index contributed by atoms with van der Waals surface area (Å²) in [5.41, 5.74) is 0. The Labute approximate surface area is 53.4 Å². The van der Waals surface area contributed by atoms with Gasteiger partial charge in [0.25, 0.3) is 0 Å². The molecule has 0 aliphatic rings. The van der Waals surface area contributed by atoms with Gasteiger partial charge in [-0.25, -0.2) is 0 Å². The van der Waals surface area contributed by atoms with E-state index in [2.05, 4.69) is 0 Å². The van der Waals surface area contributed by atoms with Crippen LogP contribution in [0.3, 0.4) is 0 Å². The van der Waals surface area contributed by atoms with E-state index in [1.807, 2.05) is 0 Å². The topological polar surface area (TPSA) is 80.9 Å². The Hall–Kier alpha value is -0.160. The predicted molar refractivity (Wildman–Crippen MR) is 30.0 cm³/mol. The molecule has 9 heavy (non-hydrogen) atoms. The van der Waals surface area contributed by atoms with Gasteiger partial charge in [0.1, 0.15) is 6.10 Å². The van der Waals surface area contributed by atoms with Crippen molar-refractivity contribution in [1.82, 2.24) is 0 Å². The smallest absolute Gasteiger partial charge is 0.121 e. The van der Waals surface area contributed by atoms with Crippen LogP contribution in [0.4, 0.5) is 0 Å². The number of aliphatic hydroxyl groups is 4. The largest absolute Gasteiger partial charge is 0.394 e. The summed E-state index contributed by atoms with van der Waals surface area (Å²) in [6, 6.07) is 0. The molecule has 0 aromatic carbocycles. The first-order valence-electron chi connectivity index (χ1n) is 2.64. The Morgan fingerprint density at radius 3 is 2.22 bits per heavy atom. The molecule has 0 saturated carbocycles. The fourth-order valence-corrected chi connectivity index (χ4v) is 0.401. The molecule has 0 spiro atoms. The van der Waals surface area contributed by atoms with Gasteiger partial charge in [-0.3, -0.25) is 0 Å². The molecule has 0 heterocycles. The van der Waals surface area contributed by atoms with Crippen LogP contribution in [0.1, 0.15) is 6.42 Å². The maximum absolute atomic E-state index is 8.62. The van der Waals surface area contributed by atoms with E-state index in [1.54, 1.807) is 0 Å². The minimum absolute atomic E-state index is 0.0625. The van der Waals surface area contributed by atoms with Crippen molar-refractivity contribution in [3.05, 3.63) is 6.10 Å². The van der Waals surface area contributed by atoms with Crippen LogP contribution in [0.15, 0.2) is 0 Å². The van der Waals surface area contributed by atoms with Crippen LogP contribution in [0.5, 0.6) is 0 Å². The van der Waals surface area contributed by atoms with Gasteiger partial charge >= 0.3 is 0 Å². The Morgan fingerprint density at radius 1 is 1.33 bits per heavy atom. The van der Waals surface area contributed by atoms with Crippen LogP contribution >= 0.6 is 0 Å². The van der Waals surface area contributed by atoms with Gasteiger partial charge in [0.2, 0.25) is 0 Å². The van der Waals surface area contributed by atoms with Gasteiger partial charge in [-0.2, -0.15) is 0 Å². The molecule has 1 atom stereocenters. The Kier molecular flexibility index (Phi) is 4.61. The molecule has 0 aliphatic heterocycles. The second-order valence-corrected chi connectivity index (χ2v) is 1.76. The Morgan fingerprint density at radius 2 is 1.89 bits per heavy atom. The summed E-state index contributed by atoms with van der Waals surface area (Å²) in [6.45, 7) is -0.860. The van der Waals surface area contributed by atoms with Crippen molar-refractivity contribution in [3.63, 3.8) is 0 Å². The number of hydrogen-bond acceptors (Lipinski definition) is 4. The minimum Gasteiger partial charge on any atom is -0.394 e. The second-order valence-electron chi connectivity index (χ2n) is 1.76. The van der Waals surface area contributed by atoms with E-state index in [0.717, 1.165) is 0 Å². The number of hydrogen-bond donors (Lipinski definition) is 4. The lowest BCUT2D eigenvalue weighted by Crippen LogP contribution is -2.17. The van der Waals surface area contributed by atoms with Crippen molar-refractivity contribution in [2.24, 2.45) is 0 Å². The lowest BCUT2D eigenvalue weighted by atomic mass is 10.2. The van der Waals surface area contributed by atoms with Crippen LogP contribution in [0.25, 0.3) is 0 Å². The van der Waals surface area contributed by atoms with E-state index in [-0.39, 0.29) is 12.5 Å². The maximum atomic E-state index is 8.62. The zero-order chi connectivity index (χ0) is 7.28. The highest BCUT2D eigenvalue weighted by Crippen LogP contribution is 2.02. The molecule has 0 rings (SSSR count). The molecule has 0 fully saturated rings. The molecule has 1 radical (unpaired) electrons. The molecular formula is C5H11O4. The van der Waals surface area contributed by atoms with E-state index in [1.165, 1.54) is 0 Å². The number of rotatable bonds is 4. The van der Waals surface area contributed by atoms with Crippen molar-refractivity contribution in [2.45, 2.75) is 12.5 Å². The van der Waals surface area contributed by atoms with E-state index >= 15 is 0 Å². The summed E-state index contributed by atoms with van der Waals surface area (Å²) < 4.78 is 0. The molecule has 0 aromatic heterocycles. The molecule has 55 valence electrons. The Balaban J connectivity index is 3.22. The summed E-state index contributed by atoms with van der Waals surface area (Å²) in [7, 11) is 0. The van der Waals surface area contributed by atoms with Crippen LogP contribution < -0.4 is 0 Å². The molecule has 4 heteroatoms. The molecule has 4 nitrogen and oxygen atoms in total. The van der Waals surface area contributed by atoms with Crippen molar-refractivity contribution in [2.75, 3.05) is 13.2 Å². The summed E-state index contributed by atoms with van der Waals surface area (Å²) in [6.07, 6.45) is -1.23. The molecule has 0 amide bonds. The monoisotopic (exact) mass is 135 g/mol. The fourth-order valence-electron chi connectivity index (χ4n) is 0.401. The highest BCUT2D eigenvalue weighted by Gasteiger charge is 2.09. The van der Waals surface area contributed by atoms with Gasteiger partial charge in [0.15, 0.2) is 0 Å². The minimum atomic E-state index is -0.961. The van der Waals surface area contributed by atoms with Crippen molar-refractivity contribution < 1.29 is 20.4 Å². The first kappa shape index (κ1) is 8.84. The highest BCUT2D eigenvalue weighted by atomic mass is 16.3. The van der Waals surface area contributed by atoms with Crippen molar-refractivity contribution >= 4 is 0 Å². The zero-order valence-corrected chi connectivity index (χ0v) is 4.99. The van der Waals surface area contributed by atoms with Crippen molar-refractivity contribution in [3.8, 4) is 0 Å². The van der Waals surface area contributed by atoms with Crippen LogP contribution in [-0.2, 0) is 0 Å². The van der Waals surface area contributed by atoms with Gasteiger partial charge in [-0.15, -0.1) is 0 Å². The average Bonchev–Trinajstić information content (AvgIpc) is 1.87. The van der Waals surface area contributed by atoms with E-state index in [9.17, 15) is 0 Å². The van der Waals surface area contributed by atoms with E-state index in [0.29, 0.717) is 0 Å². The molecule has 4 N–H and O–H groups in total. The zero-order valence-electron chi connectivity index (χ0n) is 4.99. The lowest BCUT2D eigenvalue weighted by molar-refractivity contribution is 0.0613. The summed E-state index contributed by atoms with van der Waals surface area (Å²) in [5, 5.41) is 33.6. The summed E-state index contributed by atoms with van der Waals surface area (Å²) in [5.74, 6) is 0. The van der Waals surface area contributed by atoms with Gasteiger partial charge in [0, 0.05) is 6.42 Å². The Bertz CT molecular complexity index is 58.0.